The van der Waals surface area contributed by atoms with Crippen LogP contribution in [0.5, 0.6) is 0 Å². The van der Waals surface area contributed by atoms with Gasteiger partial charge in [-0.15, -0.1) is 11.3 Å². The fourth-order valence-corrected chi connectivity index (χ4v) is 1.98. The third-order valence-electron chi connectivity index (χ3n) is 2.72. The van der Waals surface area contributed by atoms with Crippen LogP contribution in [0.25, 0.3) is 0 Å². The van der Waals surface area contributed by atoms with Crippen molar-refractivity contribution >= 4 is 17.3 Å². The van der Waals surface area contributed by atoms with Crippen LogP contribution in [0, 0.1) is 5.92 Å². The first kappa shape index (κ1) is 11.2. The highest BCUT2D eigenvalue weighted by molar-refractivity contribution is 7.10. The van der Waals surface area contributed by atoms with E-state index in [0.717, 1.165) is 5.01 Å². The first-order chi connectivity index (χ1) is 6.35. The maximum Gasteiger partial charge on any atom is 0.355 e. The van der Waals surface area contributed by atoms with Gasteiger partial charge in [-0.25, -0.2) is 9.78 Å². The smallest absolute Gasteiger partial charge is 0.355 e. The summed E-state index contributed by atoms with van der Waals surface area (Å²) in [5.74, 6) is -0.512. The highest BCUT2D eigenvalue weighted by atomic mass is 32.1. The van der Waals surface area contributed by atoms with E-state index in [4.69, 9.17) is 5.11 Å². The predicted molar refractivity (Wildman–Crippen MR) is 56.9 cm³/mol. The Balaban J connectivity index is 3.02. The first-order valence-electron chi connectivity index (χ1n) is 4.55. The highest BCUT2D eigenvalue weighted by Gasteiger charge is 2.28. The van der Waals surface area contributed by atoms with Crippen LogP contribution in [0.4, 0.5) is 0 Å². The molecule has 0 bridgehead atoms. The Kier molecular flexibility index (Phi) is 2.95. The van der Waals surface area contributed by atoms with Crippen molar-refractivity contribution in [2.75, 3.05) is 0 Å². The molecule has 78 valence electrons. The van der Waals surface area contributed by atoms with Crippen molar-refractivity contribution < 1.29 is 9.90 Å². The maximum atomic E-state index is 10.7. The van der Waals surface area contributed by atoms with Gasteiger partial charge in [-0.1, -0.05) is 27.7 Å². The lowest BCUT2D eigenvalue weighted by Crippen LogP contribution is -2.24. The molecule has 3 nitrogen and oxygen atoms in total. The molecular weight excluding hydrogens is 198 g/mol. The van der Waals surface area contributed by atoms with E-state index < -0.39 is 5.97 Å². The van der Waals surface area contributed by atoms with E-state index in [-0.39, 0.29) is 11.1 Å². The van der Waals surface area contributed by atoms with Crippen LogP contribution in [0.2, 0.25) is 0 Å². The van der Waals surface area contributed by atoms with Gasteiger partial charge in [0.1, 0.15) is 0 Å². The average Bonchev–Trinajstić information content (AvgIpc) is 2.51. The zero-order chi connectivity index (χ0) is 10.9. The molecule has 0 atom stereocenters. The van der Waals surface area contributed by atoms with Crippen molar-refractivity contribution in [3.05, 3.63) is 16.1 Å². The van der Waals surface area contributed by atoms with Gasteiger partial charge in [-0.05, 0) is 5.92 Å². The zero-order valence-corrected chi connectivity index (χ0v) is 9.68. The minimum absolute atomic E-state index is 0.0572. The Labute approximate surface area is 87.8 Å². The van der Waals surface area contributed by atoms with Crippen LogP contribution in [0.3, 0.4) is 0 Å². The largest absolute Gasteiger partial charge is 0.476 e. The Bertz CT molecular complexity index is 342. The van der Waals surface area contributed by atoms with Gasteiger partial charge in [0.2, 0.25) is 0 Å². The van der Waals surface area contributed by atoms with Gasteiger partial charge in [0, 0.05) is 10.8 Å². The normalized spacial score (nSPS) is 12.1. The van der Waals surface area contributed by atoms with Gasteiger partial charge in [-0.2, -0.15) is 0 Å². The molecule has 0 aliphatic heterocycles. The number of nitrogens with zero attached hydrogens (tertiary/aromatic N) is 1. The van der Waals surface area contributed by atoms with Crippen molar-refractivity contribution in [1.29, 1.82) is 0 Å². The van der Waals surface area contributed by atoms with E-state index in [0.29, 0.717) is 5.92 Å². The van der Waals surface area contributed by atoms with Crippen molar-refractivity contribution in [1.82, 2.24) is 4.98 Å². The van der Waals surface area contributed by atoms with E-state index >= 15 is 0 Å². The van der Waals surface area contributed by atoms with Crippen molar-refractivity contribution in [3.63, 3.8) is 0 Å². The lowest BCUT2D eigenvalue weighted by atomic mass is 9.82. The van der Waals surface area contributed by atoms with Crippen LogP contribution in [-0.2, 0) is 5.41 Å². The van der Waals surface area contributed by atoms with Crippen molar-refractivity contribution in [2.45, 2.75) is 33.1 Å². The van der Waals surface area contributed by atoms with E-state index in [1.807, 2.05) is 0 Å². The number of carboxylic acid groups (broad SMARTS) is 1. The fraction of sp³-hybridized carbons (Fsp3) is 0.600. The zero-order valence-electron chi connectivity index (χ0n) is 8.87. The summed E-state index contributed by atoms with van der Waals surface area (Å²) in [5, 5.41) is 11.2. The fourth-order valence-electron chi connectivity index (χ4n) is 0.915. The van der Waals surface area contributed by atoms with Crippen LogP contribution in [0.1, 0.15) is 43.2 Å². The molecule has 1 aromatic rings. The van der Waals surface area contributed by atoms with Gasteiger partial charge >= 0.3 is 5.97 Å². The number of aromatic nitrogens is 1. The van der Waals surface area contributed by atoms with Gasteiger partial charge in [0.15, 0.2) is 5.69 Å². The van der Waals surface area contributed by atoms with Crippen LogP contribution in [0.15, 0.2) is 5.38 Å². The van der Waals surface area contributed by atoms with Crippen LogP contribution in [-0.4, -0.2) is 16.1 Å². The number of thiazole rings is 1. The SMILES string of the molecule is CC(C)C(C)(C)c1nc(C(=O)O)cs1. The Morgan fingerprint density at radius 3 is 2.50 bits per heavy atom. The van der Waals surface area contributed by atoms with Gasteiger partial charge in [0.25, 0.3) is 0 Å². The molecule has 4 heteroatoms. The number of hydrogen-bond donors (Lipinski definition) is 1. The second-order valence-corrected chi connectivity index (χ2v) is 5.08. The highest BCUT2D eigenvalue weighted by Crippen LogP contribution is 2.33. The molecule has 0 unspecified atom stereocenters. The summed E-state index contributed by atoms with van der Waals surface area (Å²) in [6.07, 6.45) is 0. The molecule has 0 aliphatic rings. The average molecular weight is 213 g/mol. The van der Waals surface area contributed by atoms with E-state index in [1.165, 1.54) is 11.3 Å². The molecule has 0 aliphatic carbocycles. The topological polar surface area (TPSA) is 50.2 Å². The second-order valence-electron chi connectivity index (χ2n) is 4.22. The number of rotatable bonds is 3. The Hall–Kier alpha value is -0.900. The monoisotopic (exact) mass is 213 g/mol. The minimum Gasteiger partial charge on any atom is -0.476 e. The summed E-state index contributed by atoms with van der Waals surface area (Å²) in [6.45, 7) is 8.40. The number of carboxylic acids is 1. The lowest BCUT2D eigenvalue weighted by molar-refractivity contribution is 0.0691. The summed E-state index contributed by atoms with van der Waals surface area (Å²) in [4.78, 5) is 14.8. The Morgan fingerprint density at radius 2 is 2.14 bits per heavy atom. The summed E-state index contributed by atoms with van der Waals surface area (Å²) >= 11 is 1.42. The molecule has 1 N–H and O–H groups in total. The molecule has 0 saturated heterocycles. The molecule has 1 rings (SSSR count). The molecule has 0 aromatic carbocycles. The molecule has 1 aromatic heterocycles. The minimum atomic E-state index is -0.952. The standard InChI is InChI=1S/C10H15NO2S/c1-6(2)10(3,4)9-11-7(5-14-9)8(12)13/h5-6H,1-4H3,(H,12,13). The number of carbonyl (C=O) groups is 1. The van der Waals surface area contributed by atoms with Crippen molar-refractivity contribution in [2.24, 2.45) is 5.92 Å². The van der Waals surface area contributed by atoms with E-state index in [9.17, 15) is 4.79 Å². The molecule has 0 fully saturated rings. The predicted octanol–water partition coefficient (Wildman–Crippen LogP) is 2.77. The lowest BCUT2D eigenvalue weighted by Gasteiger charge is -2.26. The second kappa shape index (κ2) is 3.69. The molecule has 14 heavy (non-hydrogen) atoms. The van der Waals surface area contributed by atoms with Gasteiger partial charge in [0.05, 0.1) is 5.01 Å². The molecule has 0 radical (unpaired) electrons. The van der Waals surface area contributed by atoms with Gasteiger partial charge in [-0.3, -0.25) is 0 Å². The quantitative estimate of drug-likeness (QED) is 0.840. The van der Waals surface area contributed by atoms with E-state index in [2.05, 4.69) is 32.7 Å². The number of hydrogen-bond acceptors (Lipinski definition) is 3. The maximum absolute atomic E-state index is 10.7. The third kappa shape index (κ3) is 1.95. The molecular formula is C10H15NO2S. The molecule has 0 amide bonds. The Morgan fingerprint density at radius 1 is 1.57 bits per heavy atom. The summed E-state index contributed by atoms with van der Waals surface area (Å²) in [7, 11) is 0. The van der Waals surface area contributed by atoms with Crippen LogP contribution >= 0.6 is 11.3 Å². The third-order valence-corrected chi connectivity index (χ3v) is 3.90. The van der Waals surface area contributed by atoms with Crippen LogP contribution < -0.4 is 0 Å². The summed E-state index contributed by atoms with van der Waals surface area (Å²) < 4.78 is 0. The summed E-state index contributed by atoms with van der Waals surface area (Å²) in [5.41, 5.74) is 0.0944. The molecule has 1 heterocycles. The van der Waals surface area contributed by atoms with E-state index in [1.54, 1.807) is 5.38 Å². The molecule has 0 spiro atoms. The van der Waals surface area contributed by atoms with Crippen molar-refractivity contribution in [3.8, 4) is 0 Å². The number of aromatic carboxylic acids is 1. The molecule has 0 saturated carbocycles. The first-order valence-corrected chi connectivity index (χ1v) is 5.43. The summed E-state index contributed by atoms with van der Waals surface area (Å²) in [6, 6.07) is 0. The van der Waals surface area contributed by atoms with Gasteiger partial charge < -0.3 is 5.11 Å².